The van der Waals surface area contributed by atoms with Gasteiger partial charge in [0.15, 0.2) is 0 Å². The zero-order valence-electron chi connectivity index (χ0n) is 21.2. The minimum atomic E-state index is -4.56. The number of ether oxygens (including phenoxy) is 2. The van der Waals surface area contributed by atoms with Crippen LogP contribution in [-0.4, -0.2) is 41.5 Å². The second-order valence-corrected chi connectivity index (χ2v) is 10.1. The Morgan fingerprint density at radius 2 is 1.79 bits per heavy atom. The van der Waals surface area contributed by atoms with Crippen molar-refractivity contribution < 1.29 is 27.0 Å². The van der Waals surface area contributed by atoms with E-state index in [1.54, 1.807) is 28.8 Å². The lowest BCUT2D eigenvalue weighted by Gasteiger charge is -2.27. The predicted molar refractivity (Wildman–Crippen MR) is 139 cm³/mol. The van der Waals surface area contributed by atoms with Gasteiger partial charge < -0.3 is 14.4 Å². The van der Waals surface area contributed by atoms with Crippen LogP contribution in [0, 0.1) is 12.7 Å². The molecule has 1 aromatic heterocycles. The Kier molecular flexibility index (Phi) is 6.37. The van der Waals surface area contributed by atoms with E-state index in [4.69, 9.17) is 9.47 Å². The smallest absolute Gasteiger partial charge is 0.416 e. The Bertz CT molecular complexity index is 1570. The van der Waals surface area contributed by atoms with Gasteiger partial charge >= 0.3 is 11.9 Å². The quantitative estimate of drug-likeness (QED) is 0.301. The molecule has 1 atom stereocenters. The van der Waals surface area contributed by atoms with Gasteiger partial charge in [-0.2, -0.15) is 13.2 Å². The Morgan fingerprint density at radius 1 is 1.03 bits per heavy atom. The number of para-hydroxylation sites is 2. The molecule has 4 aromatic rings. The fourth-order valence-corrected chi connectivity index (χ4v) is 5.65. The lowest BCUT2D eigenvalue weighted by Crippen LogP contribution is -2.38. The third-order valence-electron chi connectivity index (χ3n) is 7.53. The molecular formula is C29H27F4N3O3. The molecule has 2 saturated heterocycles. The topological polar surface area (TPSA) is 48.6 Å². The van der Waals surface area contributed by atoms with Crippen molar-refractivity contribution >= 4 is 16.7 Å². The van der Waals surface area contributed by atoms with Crippen molar-refractivity contribution in [3.8, 4) is 5.75 Å². The molecule has 3 heterocycles. The van der Waals surface area contributed by atoms with Gasteiger partial charge in [-0.25, -0.2) is 9.18 Å². The Hall–Kier alpha value is -3.79. The molecule has 0 radical (unpaired) electrons. The molecule has 2 aliphatic heterocycles. The first kappa shape index (κ1) is 25.5. The number of halogens is 4. The average Bonchev–Trinajstić information content (AvgIpc) is 3.44. The summed E-state index contributed by atoms with van der Waals surface area (Å²) in [6.07, 6.45) is -4.19. The zero-order valence-corrected chi connectivity index (χ0v) is 21.2. The van der Waals surface area contributed by atoms with Crippen molar-refractivity contribution in [3.63, 3.8) is 0 Å². The van der Waals surface area contributed by atoms with E-state index in [9.17, 15) is 22.4 Å². The number of nitrogens with zero attached hydrogens (tertiary/aromatic N) is 3. The van der Waals surface area contributed by atoms with E-state index in [-0.39, 0.29) is 30.1 Å². The molecule has 39 heavy (non-hydrogen) atoms. The molecule has 0 N–H and O–H groups in total. The van der Waals surface area contributed by atoms with Crippen LogP contribution in [0.2, 0.25) is 0 Å². The highest BCUT2D eigenvalue weighted by molar-refractivity contribution is 5.83. The van der Waals surface area contributed by atoms with Crippen LogP contribution in [0.3, 0.4) is 0 Å². The minimum Gasteiger partial charge on any atom is -0.483 e. The van der Waals surface area contributed by atoms with Crippen molar-refractivity contribution in [2.24, 2.45) is 0 Å². The van der Waals surface area contributed by atoms with Crippen molar-refractivity contribution in [1.29, 1.82) is 0 Å². The number of benzene rings is 3. The van der Waals surface area contributed by atoms with E-state index in [2.05, 4.69) is 0 Å². The van der Waals surface area contributed by atoms with Gasteiger partial charge in [-0.1, -0.05) is 36.4 Å². The zero-order chi connectivity index (χ0) is 27.3. The highest BCUT2D eigenvalue weighted by Gasteiger charge is 2.35. The van der Waals surface area contributed by atoms with Crippen LogP contribution >= 0.6 is 0 Å². The number of aryl methyl sites for hydroxylation is 1. The van der Waals surface area contributed by atoms with Gasteiger partial charge in [0.2, 0.25) is 0 Å². The molecule has 0 bridgehead atoms. The molecule has 0 amide bonds. The fraction of sp³-hybridized carbons (Fsp3) is 0.345. The Morgan fingerprint density at radius 3 is 2.51 bits per heavy atom. The molecule has 6 nitrogen and oxygen atoms in total. The Balaban J connectivity index is 1.46. The highest BCUT2D eigenvalue weighted by Crippen LogP contribution is 2.36. The number of anilines is 1. The lowest BCUT2D eigenvalue weighted by atomic mass is 10.1. The minimum absolute atomic E-state index is 0.0111. The van der Waals surface area contributed by atoms with Gasteiger partial charge in [0.25, 0.3) is 0 Å². The number of imidazole rings is 1. The van der Waals surface area contributed by atoms with Gasteiger partial charge in [-0.05, 0) is 48.7 Å². The number of rotatable bonds is 6. The molecule has 1 unspecified atom stereocenters. The number of aromatic nitrogens is 2. The van der Waals surface area contributed by atoms with Gasteiger partial charge in [-0.3, -0.25) is 9.13 Å². The first-order valence-electron chi connectivity index (χ1n) is 12.9. The predicted octanol–water partition coefficient (Wildman–Crippen LogP) is 5.55. The molecular weight excluding hydrogens is 514 g/mol. The normalized spacial score (nSPS) is 18.1. The molecule has 0 saturated carbocycles. The monoisotopic (exact) mass is 541 g/mol. The van der Waals surface area contributed by atoms with Crippen LogP contribution in [0.1, 0.15) is 29.2 Å². The molecule has 3 aromatic carbocycles. The van der Waals surface area contributed by atoms with Gasteiger partial charge in [0.1, 0.15) is 23.2 Å². The first-order chi connectivity index (χ1) is 18.7. The summed E-state index contributed by atoms with van der Waals surface area (Å²) in [6.45, 7) is 3.30. The van der Waals surface area contributed by atoms with Gasteiger partial charge in [0, 0.05) is 13.1 Å². The summed E-state index contributed by atoms with van der Waals surface area (Å²) in [6, 6.07) is 15.2. The summed E-state index contributed by atoms with van der Waals surface area (Å²) in [5.41, 5.74) is 1.08. The SMILES string of the molecule is Cc1cccc(F)c1N1CCC(n2c(=O)n(Cc3ccccc3C(F)(F)F)c3c(OC4COC4)cccc32)C1. The Labute approximate surface area is 222 Å². The van der Waals surface area contributed by atoms with E-state index < -0.39 is 17.4 Å². The summed E-state index contributed by atoms with van der Waals surface area (Å²) >= 11 is 0. The average molecular weight is 542 g/mol. The van der Waals surface area contributed by atoms with Crippen LogP contribution in [0.25, 0.3) is 11.0 Å². The summed E-state index contributed by atoms with van der Waals surface area (Å²) in [5.74, 6) is 0.0912. The summed E-state index contributed by atoms with van der Waals surface area (Å²) in [5, 5.41) is 0. The summed E-state index contributed by atoms with van der Waals surface area (Å²) in [7, 11) is 0. The van der Waals surface area contributed by atoms with Crippen LogP contribution in [-0.2, 0) is 17.5 Å². The van der Waals surface area contributed by atoms with Crippen molar-refractivity contribution in [2.75, 3.05) is 31.2 Å². The molecule has 6 rings (SSSR count). The highest BCUT2D eigenvalue weighted by atomic mass is 19.4. The fourth-order valence-electron chi connectivity index (χ4n) is 5.65. The number of alkyl halides is 3. The molecule has 0 spiro atoms. The molecule has 10 heteroatoms. The van der Waals surface area contributed by atoms with Crippen LogP contribution in [0.15, 0.2) is 65.5 Å². The molecule has 2 aliphatic rings. The first-order valence-corrected chi connectivity index (χ1v) is 12.9. The summed E-state index contributed by atoms with van der Waals surface area (Å²) in [4.78, 5) is 15.9. The second-order valence-electron chi connectivity index (χ2n) is 10.1. The van der Waals surface area contributed by atoms with E-state index in [1.807, 2.05) is 17.9 Å². The maximum absolute atomic E-state index is 14.7. The van der Waals surface area contributed by atoms with Crippen LogP contribution in [0.5, 0.6) is 5.75 Å². The maximum atomic E-state index is 14.7. The van der Waals surface area contributed by atoms with E-state index in [1.165, 1.54) is 28.8 Å². The second kappa shape index (κ2) is 9.75. The molecule has 204 valence electrons. The van der Waals surface area contributed by atoms with Gasteiger partial charge in [-0.15, -0.1) is 0 Å². The van der Waals surface area contributed by atoms with Gasteiger partial charge in [0.05, 0.1) is 42.6 Å². The van der Waals surface area contributed by atoms with Crippen molar-refractivity contribution in [1.82, 2.24) is 9.13 Å². The number of hydrogen-bond donors (Lipinski definition) is 0. The van der Waals surface area contributed by atoms with Crippen molar-refractivity contribution in [2.45, 2.75) is 38.2 Å². The van der Waals surface area contributed by atoms with E-state index >= 15 is 0 Å². The third-order valence-corrected chi connectivity index (χ3v) is 7.53. The van der Waals surface area contributed by atoms with E-state index in [0.717, 1.165) is 11.6 Å². The largest absolute Gasteiger partial charge is 0.483 e. The maximum Gasteiger partial charge on any atom is 0.416 e. The summed E-state index contributed by atoms with van der Waals surface area (Å²) < 4.78 is 70.5. The van der Waals surface area contributed by atoms with E-state index in [0.29, 0.717) is 55.2 Å². The molecule has 0 aliphatic carbocycles. The number of fused-ring (bicyclic) bond motifs is 1. The molecule has 2 fully saturated rings. The lowest BCUT2D eigenvalue weighted by molar-refractivity contribution is -0.138. The number of hydrogen-bond acceptors (Lipinski definition) is 4. The van der Waals surface area contributed by atoms with Crippen LogP contribution in [0.4, 0.5) is 23.2 Å². The standard InChI is InChI=1S/C29H27F4N3O3/c1-18-6-4-9-23(30)26(18)34-13-12-20(15-34)36-24-10-5-11-25(39-21-16-38-17-21)27(24)35(28(36)37)14-19-7-2-3-8-22(19)29(31,32)33/h2-11,20-21H,12-17H2,1H3. The van der Waals surface area contributed by atoms with Crippen molar-refractivity contribution in [3.05, 3.63) is 93.7 Å². The van der Waals surface area contributed by atoms with Crippen LogP contribution < -0.4 is 15.3 Å². The third kappa shape index (κ3) is 4.56.